The van der Waals surface area contributed by atoms with Crippen LogP contribution >= 0.6 is 43.5 Å². The maximum atomic E-state index is 13.7. The van der Waals surface area contributed by atoms with Crippen molar-refractivity contribution in [2.75, 3.05) is 7.11 Å². The highest BCUT2D eigenvalue weighted by Crippen LogP contribution is 2.37. The van der Waals surface area contributed by atoms with Crippen molar-refractivity contribution in [1.82, 2.24) is 0 Å². The van der Waals surface area contributed by atoms with Gasteiger partial charge in [0.25, 0.3) is 0 Å². The molecule has 0 unspecified atom stereocenters. The van der Waals surface area contributed by atoms with E-state index in [-0.39, 0.29) is 6.61 Å². The van der Waals surface area contributed by atoms with Crippen molar-refractivity contribution in [2.24, 2.45) is 0 Å². The lowest BCUT2D eigenvalue weighted by Crippen LogP contribution is -2.01. The minimum Gasteiger partial charge on any atom is -0.493 e. The van der Waals surface area contributed by atoms with Gasteiger partial charge in [0.05, 0.1) is 11.6 Å². The second kappa shape index (κ2) is 7.47. The van der Waals surface area contributed by atoms with Gasteiger partial charge >= 0.3 is 0 Å². The number of benzene rings is 2. The fraction of sp³-hybridized carbons (Fsp3) is 0.200. The highest BCUT2D eigenvalue weighted by atomic mass is 79.9. The summed E-state index contributed by atoms with van der Waals surface area (Å²) in [5.74, 6) is 0.736. The van der Waals surface area contributed by atoms with Crippen LogP contribution in [-0.2, 0) is 11.9 Å². The second-order valence-electron chi connectivity index (χ2n) is 4.27. The highest BCUT2D eigenvalue weighted by molar-refractivity contribution is 9.10. The molecule has 0 fully saturated rings. The number of methoxy groups -OCH3 is 1. The van der Waals surface area contributed by atoms with Crippen LogP contribution in [0.4, 0.5) is 4.39 Å². The van der Waals surface area contributed by atoms with Gasteiger partial charge in [-0.05, 0) is 45.8 Å². The third-order valence-corrected chi connectivity index (χ3v) is 4.30. The van der Waals surface area contributed by atoms with E-state index in [4.69, 9.17) is 21.1 Å². The molecule has 0 spiro atoms. The van der Waals surface area contributed by atoms with Gasteiger partial charge in [-0.2, -0.15) is 0 Å². The van der Waals surface area contributed by atoms with Gasteiger partial charge in [0.1, 0.15) is 12.4 Å². The minimum absolute atomic E-state index is 0.0889. The summed E-state index contributed by atoms with van der Waals surface area (Å²) in [5.41, 5.74) is 1.47. The first kappa shape index (κ1) is 16.6. The molecule has 2 aromatic carbocycles. The van der Waals surface area contributed by atoms with Gasteiger partial charge in [-0.3, -0.25) is 0 Å². The molecule has 0 radical (unpaired) electrons. The molecule has 0 atom stereocenters. The first-order valence-electron chi connectivity index (χ1n) is 6.04. The summed E-state index contributed by atoms with van der Waals surface area (Å²) in [4.78, 5) is 0. The molecule has 2 aromatic rings. The van der Waals surface area contributed by atoms with E-state index < -0.39 is 5.82 Å². The van der Waals surface area contributed by atoms with E-state index in [1.54, 1.807) is 19.2 Å². The zero-order valence-electron chi connectivity index (χ0n) is 11.1. The molecule has 2 nitrogen and oxygen atoms in total. The normalized spacial score (nSPS) is 10.5. The van der Waals surface area contributed by atoms with Crippen LogP contribution in [-0.4, -0.2) is 7.11 Å². The Kier molecular flexibility index (Phi) is 5.90. The van der Waals surface area contributed by atoms with Gasteiger partial charge in [-0.25, -0.2) is 4.39 Å². The quantitative estimate of drug-likeness (QED) is 0.556. The lowest BCUT2D eigenvalue weighted by atomic mass is 10.2. The van der Waals surface area contributed by atoms with Crippen LogP contribution in [0, 0.1) is 5.82 Å². The Labute approximate surface area is 144 Å². The summed E-state index contributed by atoms with van der Waals surface area (Å²) in [6.45, 7) is 0.0889. The second-order valence-corrected chi connectivity index (χ2v) is 6.12. The molecule has 0 saturated heterocycles. The predicted molar refractivity (Wildman–Crippen MR) is 89.1 cm³/mol. The number of hydrogen-bond acceptors (Lipinski definition) is 2. The zero-order valence-corrected chi connectivity index (χ0v) is 15.1. The molecule has 0 amide bonds. The number of halogens is 4. The van der Waals surface area contributed by atoms with Crippen LogP contribution in [0.5, 0.6) is 11.5 Å². The third kappa shape index (κ3) is 4.11. The van der Waals surface area contributed by atoms with Crippen molar-refractivity contribution in [2.45, 2.75) is 11.9 Å². The lowest BCUT2D eigenvalue weighted by Gasteiger charge is -2.14. The van der Waals surface area contributed by atoms with Crippen LogP contribution < -0.4 is 9.47 Å². The van der Waals surface area contributed by atoms with E-state index in [0.29, 0.717) is 27.4 Å². The molecule has 2 rings (SSSR count). The van der Waals surface area contributed by atoms with Gasteiger partial charge < -0.3 is 9.47 Å². The van der Waals surface area contributed by atoms with Crippen molar-refractivity contribution in [3.63, 3.8) is 0 Å². The molecular weight excluding hydrogens is 426 g/mol. The Bertz CT molecular complexity index is 650. The highest BCUT2D eigenvalue weighted by Gasteiger charge is 2.13. The summed E-state index contributed by atoms with van der Waals surface area (Å²) in [7, 11) is 1.56. The Balaban J connectivity index is 2.23. The molecule has 6 heteroatoms. The van der Waals surface area contributed by atoms with E-state index in [0.717, 1.165) is 10.0 Å². The van der Waals surface area contributed by atoms with E-state index in [1.165, 1.54) is 6.07 Å². The van der Waals surface area contributed by atoms with Gasteiger partial charge in [-0.15, -0.1) is 0 Å². The van der Waals surface area contributed by atoms with E-state index in [9.17, 15) is 4.39 Å². The maximum absolute atomic E-state index is 13.7. The Morgan fingerprint density at radius 2 is 2.00 bits per heavy atom. The summed E-state index contributed by atoms with van der Waals surface area (Å²) in [6.07, 6.45) is 0. The SMILES string of the molecule is COc1cc(CBr)cc(Br)c1OCc1ccc(Cl)cc1F. The van der Waals surface area contributed by atoms with Crippen molar-refractivity contribution < 1.29 is 13.9 Å². The predicted octanol–water partition coefficient (Wildman–Crippen LogP) is 5.72. The largest absolute Gasteiger partial charge is 0.493 e. The molecule has 0 heterocycles. The molecule has 0 aliphatic rings. The molecule has 112 valence electrons. The molecule has 21 heavy (non-hydrogen) atoms. The number of alkyl halides is 1. The van der Waals surface area contributed by atoms with Crippen LogP contribution in [0.25, 0.3) is 0 Å². The lowest BCUT2D eigenvalue weighted by molar-refractivity contribution is 0.277. The van der Waals surface area contributed by atoms with Gasteiger partial charge in [0.2, 0.25) is 0 Å². The van der Waals surface area contributed by atoms with E-state index in [1.807, 2.05) is 12.1 Å². The van der Waals surface area contributed by atoms with E-state index >= 15 is 0 Å². The maximum Gasteiger partial charge on any atom is 0.175 e. The smallest absolute Gasteiger partial charge is 0.175 e. The number of rotatable bonds is 5. The first-order chi connectivity index (χ1) is 10.0. The zero-order chi connectivity index (χ0) is 15.4. The molecule has 0 aliphatic heterocycles. The van der Waals surface area contributed by atoms with Crippen LogP contribution in [0.1, 0.15) is 11.1 Å². The Hall–Kier alpha value is -0.780. The summed E-state index contributed by atoms with van der Waals surface area (Å²) < 4.78 is 25.5. The number of hydrogen-bond donors (Lipinski definition) is 0. The number of ether oxygens (including phenoxy) is 2. The van der Waals surface area contributed by atoms with Crippen LogP contribution in [0.3, 0.4) is 0 Å². The van der Waals surface area contributed by atoms with Crippen molar-refractivity contribution in [1.29, 1.82) is 0 Å². The first-order valence-corrected chi connectivity index (χ1v) is 8.33. The molecule has 0 N–H and O–H groups in total. The van der Waals surface area contributed by atoms with Crippen LogP contribution in [0.2, 0.25) is 5.02 Å². The minimum atomic E-state index is -0.394. The average Bonchev–Trinajstić information content (AvgIpc) is 2.46. The Morgan fingerprint density at radius 3 is 2.62 bits per heavy atom. The fourth-order valence-corrected chi connectivity index (χ4v) is 2.87. The molecule has 0 saturated carbocycles. The summed E-state index contributed by atoms with van der Waals surface area (Å²) in [5, 5.41) is 1.06. The standard InChI is InChI=1S/C15H12Br2ClFO2/c1-20-14-5-9(7-16)4-12(17)15(14)21-8-10-2-3-11(18)6-13(10)19/h2-6H,7-8H2,1H3. The monoisotopic (exact) mass is 436 g/mol. The molecule has 0 aliphatic carbocycles. The van der Waals surface area contributed by atoms with Crippen molar-refractivity contribution >= 4 is 43.5 Å². The third-order valence-electron chi connectivity index (χ3n) is 2.83. The molecule has 0 bridgehead atoms. The molecule has 0 aromatic heterocycles. The summed E-state index contributed by atoms with van der Waals surface area (Å²) in [6, 6.07) is 8.28. The van der Waals surface area contributed by atoms with Crippen LogP contribution in [0.15, 0.2) is 34.8 Å². The Morgan fingerprint density at radius 1 is 1.24 bits per heavy atom. The van der Waals surface area contributed by atoms with Gasteiger partial charge in [-0.1, -0.05) is 33.6 Å². The van der Waals surface area contributed by atoms with Gasteiger partial charge in [0.15, 0.2) is 11.5 Å². The van der Waals surface area contributed by atoms with E-state index in [2.05, 4.69) is 31.9 Å². The van der Waals surface area contributed by atoms with Gasteiger partial charge in [0, 0.05) is 15.9 Å². The fourth-order valence-electron chi connectivity index (χ4n) is 1.78. The topological polar surface area (TPSA) is 18.5 Å². The summed E-state index contributed by atoms with van der Waals surface area (Å²) >= 11 is 12.6. The average molecular weight is 439 g/mol. The van der Waals surface area contributed by atoms with Crippen molar-refractivity contribution in [3.05, 3.63) is 56.8 Å². The molecular formula is C15H12Br2ClFO2. The van der Waals surface area contributed by atoms with Crippen molar-refractivity contribution in [3.8, 4) is 11.5 Å².